The number of amides is 1. The van der Waals surface area contributed by atoms with Crippen LogP contribution in [0.25, 0.3) is 0 Å². The zero-order valence-electron chi connectivity index (χ0n) is 11.4. The van der Waals surface area contributed by atoms with Gasteiger partial charge in [0.25, 0.3) is 0 Å². The minimum atomic E-state index is -0.262. The molecule has 0 saturated carbocycles. The standard InChI is InChI=1S/C14H26N2O2/c1-2-3-4-7-14(18)15-11-9-13(17)12-6-5-8-16(12)10-11/h11-13,17H,2-10H2,1H3,(H,15,18)/t11-,12?,13+/m1/s1. The van der Waals surface area contributed by atoms with E-state index in [-0.39, 0.29) is 18.1 Å². The first-order valence-corrected chi connectivity index (χ1v) is 7.42. The predicted octanol–water partition coefficient (Wildman–Crippen LogP) is 1.28. The van der Waals surface area contributed by atoms with Crippen molar-refractivity contribution in [2.75, 3.05) is 13.1 Å². The van der Waals surface area contributed by atoms with Gasteiger partial charge in [-0.3, -0.25) is 9.69 Å². The van der Waals surface area contributed by atoms with E-state index in [0.29, 0.717) is 12.5 Å². The molecule has 104 valence electrons. The van der Waals surface area contributed by atoms with Gasteiger partial charge in [0.1, 0.15) is 0 Å². The molecule has 0 aromatic carbocycles. The summed E-state index contributed by atoms with van der Waals surface area (Å²) >= 11 is 0. The topological polar surface area (TPSA) is 52.6 Å². The summed E-state index contributed by atoms with van der Waals surface area (Å²) in [6, 6.07) is 0.488. The molecule has 1 unspecified atom stereocenters. The van der Waals surface area contributed by atoms with Crippen LogP contribution in [0.5, 0.6) is 0 Å². The third-order valence-electron chi connectivity index (χ3n) is 4.21. The summed E-state index contributed by atoms with van der Waals surface area (Å²) < 4.78 is 0. The summed E-state index contributed by atoms with van der Waals surface area (Å²) in [4.78, 5) is 14.1. The van der Waals surface area contributed by atoms with Gasteiger partial charge in [0.2, 0.25) is 5.91 Å². The molecule has 1 amide bonds. The first-order chi connectivity index (χ1) is 8.70. The van der Waals surface area contributed by atoms with Crippen molar-refractivity contribution in [2.24, 2.45) is 0 Å². The second-order valence-electron chi connectivity index (χ2n) is 5.73. The molecule has 2 rings (SSSR count). The maximum Gasteiger partial charge on any atom is 0.220 e. The van der Waals surface area contributed by atoms with Gasteiger partial charge in [-0.2, -0.15) is 0 Å². The van der Waals surface area contributed by atoms with Gasteiger partial charge in [-0.15, -0.1) is 0 Å². The molecule has 0 spiro atoms. The summed E-state index contributed by atoms with van der Waals surface area (Å²) in [6.45, 7) is 4.13. The number of piperidine rings is 1. The molecule has 2 aliphatic rings. The molecule has 2 saturated heterocycles. The highest BCUT2D eigenvalue weighted by Gasteiger charge is 2.37. The maximum absolute atomic E-state index is 11.8. The average Bonchev–Trinajstić information content (AvgIpc) is 2.78. The second kappa shape index (κ2) is 6.53. The number of hydrogen-bond donors (Lipinski definition) is 2. The number of aliphatic hydroxyl groups excluding tert-OH is 1. The van der Waals surface area contributed by atoms with Gasteiger partial charge in [0.15, 0.2) is 0 Å². The lowest BCUT2D eigenvalue weighted by atomic mass is 9.95. The van der Waals surface area contributed by atoms with E-state index >= 15 is 0 Å². The summed E-state index contributed by atoms with van der Waals surface area (Å²) in [6.07, 6.45) is 6.62. The molecule has 2 fully saturated rings. The Morgan fingerprint density at radius 2 is 2.28 bits per heavy atom. The van der Waals surface area contributed by atoms with Crippen molar-refractivity contribution in [3.8, 4) is 0 Å². The molecule has 18 heavy (non-hydrogen) atoms. The fourth-order valence-electron chi connectivity index (χ4n) is 3.26. The van der Waals surface area contributed by atoms with Gasteiger partial charge in [0, 0.05) is 25.0 Å². The van der Waals surface area contributed by atoms with Crippen molar-refractivity contribution >= 4 is 5.91 Å². The molecular formula is C14H26N2O2. The van der Waals surface area contributed by atoms with E-state index in [2.05, 4.69) is 17.1 Å². The number of aliphatic hydroxyl groups is 1. The fourth-order valence-corrected chi connectivity index (χ4v) is 3.26. The van der Waals surface area contributed by atoms with Crippen molar-refractivity contribution in [1.29, 1.82) is 0 Å². The average molecular weight is 254 g/mol. The number of carbonyl (C=O) groups excluding carboxylic acids is 1. The molecule has 0 aromatic rings. The molecule has 0 radical (unpaired) electrons. The van der Waals surface area contributed by atoms with E-state index in [1.807, 2.05) is 0 Å². The Morgan fingerprint density at radius 3 is 3.06 bits per heavy atom. The Balaban J connectivity index is 1.74. The van der Waals surface area contributed by atoms with E-state index < -0.39 is 0 Å². The fraction of sp³-hybridized carbons (Fsp3) is 0.929. The third kappa shape index (κ3) is 3.45. The SMILES string of the molecule is CCCCCC(=O)N[C@@H]1C[C@H](O)C2CCCN2C1. The van der Waals surface area contributed by atoms with Crippen LogP contribution in [-0.4, -0.2) is 47.2 Å². The number of nitrogens with one attached hydrogen (secondary N) is 1. The maximum atomic E-state index is 11.8. The Labute approximate surface area is 110 Å². The molecule has 3 atom stereocenters. The number of rotatable bonds is 5. The first kappa shape index (κ1) is 13.8. The van der Waals surface area contributed by atoms with Crippen molar-refractivity contribution in [3.05, 3.63) is 0 Å². The molecule has 4 heteroatoms. The summed E-state index contributed by atoms with van der Waals surface area (Å²) in [5.74, 6) is 0.151. The lowest BCUT2D eigenvalue weighted by molar-refractivity contribution is -0.122. The van der Waals surface area contributed by atoms with Crippen molar-refractivity contribution < 1.29 is 9.90 Å². The zero-order valence-corrected chi connectivity index (χ0v) is 11.4. The van der Waals surface area contributed by atoms with Crippen molar-refractivity contribution in [3.63, 3.8) is 0 Å². The molecule has 2 aliphatic heterocycles. The summed E-state index contributed by atoms with van der Waals surface area (Å²) in [5, 5.41) is 13.2. The highest BCUT2D eigenvalue weighted by atomic mass is 16.3. The summed E-state index contributed by atoms with van der Waals surface area (Å²) in [7, 11) is 0. The Hall–Kier alpha value is -0.610. The normalized spacial score (nSPS) is 32.2. The predicted molar refractivity (Wildman–Crippen MR) is 71.3 cm³/mol. The monoisotopic (exact) mass is 254 g/mol. The molecule has 0 bridgehead atoms. The van der Waals surface area contributed by atoms with Crippen molar-refractivity contribution in [1.82, 2.24) is 10.2 Å². The van der Waals surface area contributed by atoms with Gasteiger partial charge in [-0.25, -0.2) is 0 Å². The van der Waals surface area contributed by atoms with Gasteiger partial charge in [-0.1, -0.05) is 19.8 Å². The van der Waals surface area contributed by atoms with E-state index in [1.54, 1.807) is 0 Å². The number of hydrogen-bond acceptors (Lipinski definition) is 3. The Kier molecular flexibility index (Phi) is 5.01. The molecule has 0 aliphatic carbocycles. The zero-order chi connectivity index (χ0) is 13.0. The van der Waals surface area contributed by atoms with Crippen LogP contribution in [0.3, 0.4) is 0 Å². The lowest BCUT2D eigenvalue weighted by Crippen LogP contribution is -2.55. The number of fused-ring (bicyclic) bond motifs is 1. The molecule has 2 heterocycles. The van der Waals surface area contributed by atoms with E-state index in [9.17, 15) is 9.90 Å². The van der Waals surface area contributed by atoms with Crippen molar-refractivity contribution in [2.45, 2.75) is 70.1 Å². The van der Waals surface area contributed by atoms with Gasteiger partial charge in [-0.05, 0) is 32.2 Å². The van der Waals surface area contributed by atoms with Crippen LogP contribution in [-0.2, 0) is 4.79 Å². The largest absolute Gasteiger partial charge is 0.391 e. The van der Waals surface area contributed by atoms with Gasteiger partial charge >= 0.3 is 0 Å². The van der Waals surface area contributed by atoms with Crippen LogP contribution >= 0.6 is 0 Å². The van der Waals surface area contributed by atoms with Gasteiger partial charge in [0.05, 0.1) is 6.10 Å². The van der Waals surface area contributed by atoms with Crippen LogP contribution in [0.15, 0.2) is 0 Å². The second-order valence-corrected chi connectivity index (χ2v) is 5.73. The van der Waals surface area contributed by atoms with Crippen LogP contribution in [0.4, 0.5) is 0 Å². The van der Waals surface area contributed by atoms with E-state index in [4.69, 9.17) is 0 Å². The lowest BCUT2D eigenvalue weighted by Gasteiger charge is -2.38. The summed E-state index contributed by atoms with van der Waals surface area (Å²) in [5.41, 5.74) is 0. The van der Waals surface area contributed by atoms with E-state index in [0.717, 1.165) is 45.2 Å². The van der Waals surface area contributed by atoms with Crippen LogP contribution in [0.1, 0.15) is 51.9 Å². The molecule has 4 nitrogen and oxygen atoms in total. The third-order valence-corrected chi connectivity index (χ3v) is 4.21. The van der Waals surface area contributed by atoms with Gasteiger partial charge < -0.3 is 10.4 Å². The highest BCUT2D eigenvalue weighted by Crippen LogP contribution is 2.27. The number of unbranched alkanes of at least 4 members (excludes halogenated alkanes) is 2. The van der Waals surface area contributed by atoms with Crippen LogP contribution < -0.4 is 5.32 Å². The minimum Gasteiger partial charge on any atom is -0.391 e. The Morgan fingerprint density at radius 1 is 1.44 bits per heavy atom. The first-order valence-electron chi connectivity index (χ1n) is 7.42. The smallest absolute Gasteiger partial charge is 0.220 e. The molecule has 0 aromatic heterocycles. The minimum absolute atomic E-state index is 0.142. The van der Waals surface area contributed by atoms with Crippen LogP contribution in [0.2, 0.25) is 0 Å². The highest BCUT2D eigenvalue weighted by molar-refractivity contribution is 5.76. The van der Waals surface area contributed by atoms with E-state index in [1.165, 1.54) is 6.42 Å². The quantitative estimate of drug-likeness (QED) is 0.727. The Bertz CT molecular complexity index is 283. The number of nitrogens with zero attached hydrogens (tertiary/aromatic N) is 1. The van der Waals surface area contributed by atoms with Crippen LogP contribution in [0, 0.1) is 0 Å². The molecular weight excluding hydrogens is 228 g/mol. The number of carbonyl (C=O) groups is 1. The molecule has 2 N–H and O–H groups in total.